The summed E-state index contributed by atoms with van der Waals surface area (Å²) in [6.45, 7) is 3.96. The van der Waals surface area contributed by atoms with Gasteiger partial charge in [0, 0.05) is 13.2 Å². The van der Waals surface area contributed by atoms with Gasteiger partial charge in [0.05, 0.1) is 13.2 Å². The fraction of sp³-hybridized carbons (Fsp3) is 1.00. The van der Waals surface area contributed by atoms with Crippen molar-refractivity contribution in [2.24, 2.45) is 0 Å². The molecule has 0 aromatic rings. The second-order valence-electron chi connectivity index (χ2n) is 2.27. The molecule has 2 unspecified atom stereocenters. The molecular formula is C8H18O5. The third-order valence-electron chi connectivity index (χ3n) is 1.31. The largest absolute Gasteiger partial charge is 0.391 e. The zero-order valence-electron chi connectivity index (χ0n) is 8.10. The Bertz CT molecular complexity index is 96.7. The Kier molecular flexibility index (Phi) is 8.27. The van der Waals surface area contributed by atoms with E-state index in [0.717, 1.165) is 0 Å². The number of rotatable bonds is 8. The van der Waals surface area contributed by atoms with Crippen molar-refractivity contribution in [3.05, 3.63) is 0 Å². The van der Waals surface area contributed by atoms with Crippen LogP contribution in [0.25, 0.3) is 0 Å². The molecule has 0 amide bonds. The molecule has 0 heterocycles. The molecule has 2 atom stereocenters. The van der Waals surface area contributed by atoms with Crippen LogP contribution in [0.1, 0.15) is 13.8 Å². The van der Waals surface area contributed by atoms with Crippen LogP contribution < -0.4 is 0 Å². The minimum absolute atomic E-state index is 0.253. The van der Waals surface area contributed by atoms with E-state index in [1.807, 2.05) is 0 Å². The zero-order valence-corrected chi connectivity index (χ0v) is 8.10. The van der Waals surface area contributed by atoms with Gasteiger partial charge in [-0.3, -0.25) is 0 Å². The van der Waals surface area contributed by atoms with Crippen molar-refractivity contribution < 1.29 is 24.4 Å². The van der Waals surface area contributed by atoms with Crippen LogP contribution in [0.2, 0.25) is 0 Å². The SMILES string of the molecule is CCOC(CO)OC(CO)OCC. The fourth-order valence-corrected chi connectivity index (χ4v) is 0.811. The van der Waals surface area contributed by atoms with Crippen molar-refractivity contribution in [2.45, 2.75) is 26.4 Å². The molecule has 0 saturated heterocycles. The first-order chi connectivity index (χ1) is 6.28. The fourth-order valence-electron chi connectivity index (χ4n) is 0.811. The molecule has 2 N–H and O–H groups in total. The predicted molar refractivity (Wildman–Crippen MR) is 46.1 cm³/mol. The Morgan fingerprint density at radius 3 is 1.54 bits per heavy atom. The van der Waals surface area contributed by atoms with Crippen LogP contribution in [-0.4, -0.2) is 49.2 Å². The van der Waals surface area contributed by atoms with E-state index >= 15 is 0 Å². The monoisotopic (exact) mass is 194 g/mol. The summed E-state index contributed by atoms with van der Waals surface area (Å²) in [6.07, 6.45) is -1.46. The Labute approximate surface area is 78.2 Å². The van der Waals surface area contributed by atoms with Crippen LogP contribution in [0.15, 0.2) is 0 Å². The molecule has 0 spiro atoms. The summed E-state index contributed by atoms with van der Waals surface area (Å²) >= 11 is 0. The smallest absolute Gasteiger partial charge is 0.183 e. The molecular weight excluding hydrogens is 176 g/mol. The van der Waals surface area contributed by atoms with Gasteiger partial charge in [-0.25, -0.2) is 0 Å². The van der Waals surface area contributed by atoms with Crippen molar-refractivity contribution in [1.29, 1.82) is 0 Å². The van der Waals surface area contributed by atoms with E-state index in [-0.39, 0.29) is 13.2 Å². The van der Waals surface area contributed by atoms with Crippen molar-refractivity contribution in [3.8, 4) is 0 Å². The molecule has 13 heavy (non-hydrogen) atoms. The van der Waals surface area contributed by atoms with Crippen molar-refractivity contribution >= 4 is 0 Å². The van der Waals surface area contributed by atoms with Crippen LogP contribution in [0.3, 0.4) is 0 Å². The van der Waals surface area contributed by atoms with Gasteiger partial charge in [-0.2, -0.15) is 0 Å². The highest BCUT2D eigenvalue weighted by Gasteiger charge is 2.14. The molecule has 5 nitrogen and oxygen atoms in total. The molecule has 5 heteroatoms. The highest BCUT2D eigenvalue weighted by Crippen LogP contribution is 2.01. The van der Waals surface area contributed by atoms with Crippen LogP contribution in [0, 0.1) is 0 Å². The maximum atomic E-state index is 8.78. The molecule has 0 rings (SSSR count). The first-order valence-corrected chi connectivity index (χ1v) is 4.38. The molecule has 0 fully saturated rings. The quantitative estimate of drug-likeness (QED) is 0.520. The lowest BCUT2D eigenvalue weighted by Gasteiger charge is -2.21. The van der Waals surface area contributed by atoms with E-state index in [2.05, 4.69) is 0 Å². The van der Waals surface area contributed by atoms with Gasteiger partial charge in [-0.1, -0.05) is 0 Å². The highest BCUT2D eigenvalue weighted by atomic mass is 16.8. The second kappa shape index (κ2) is 8.40. The first-order valence-electron chi connectivity index (χ1n) is 4.38. The summed E-state index contributed by atoms with van der Waals surface area (Å²) in [4.78, 5) is 0. The average Bonchev–Trinajstić information content (AvgIpc) is 2.16. The van der Waals surface area contributed by atoms with E-state index in [1.165, 1.54) is 0 Å². The van der Waals surface area contributed by atoms with Gasteiger partial charge in [0.25, 0.3) is 0 Å². The lowest BCUT2D eigenvalue weighted by atomic mass is 10.6. The summed E-state index contributed by atoms with van der Waals surface area (Å²) in [5.74, 6) is 0. The standard InChI is InChI=1S/C8H18O5/c1-3-11-7(5-9)13-8(6-10)12-4-2/h7-10H,3-6H2,1-2H3. The minimum Gasteiger partial charge on any atom is -0.391 e. The zero-order chi connectivity index (χ0) is 10.1. The van der Waals surface area contributed by atoms with Crippen LogP contribution in [-0.2, 0) is 14.2 Å². The van der Waals surface area contributed by atoms with Gasteiger partial charge in [0.2, 0.25) is 0 Å². The van der Waals surface area contributed by atoms with E-state index in [0.29, 0.717) is 13.2 Å². The van der Waals surface area contributed by atoms with E-state index in [9.17, 15) is 0 Å². The first kappa shape index (κ1) is 12.8. The van der Waals surface area contributed by atoms with Crippen molar-refractivity contribution in [1.82, 2.24) is 0 Å². The Morgan fingerprint density at radius 1 is 0.923 bits per heavy atom. The third kappa shape index (κ3) is 5.95. The van der Waals surface area contributed by atoms with E-state index in [1.54, 1.807) is 13.8 Å². The van der Waals surface area contributed by atoms with Gasteiger partial charge in [-0.05, 0) is 13.8 Å². The number of ether oxygens (including phenoxy) is 3. The Hall–Kier alpha value is -0.200. The average molecular weight is 194 g/mol. The third-order valence-corrected chi connectivity index (χ3v) is 1.31. The molecule has 0 aliphatic heterocycles. The maximum Gasteiger partial charge on any atom is 0.183 e. The summed E-state index contributed by atoms with van der Waals surface area (Å²) in [6, 6.07) is 0. The molecule has 80 valence electrons. The van der Waals surface area contributed by atoms with Crippen molar-refractivity contribution in [2.75, 3.05) is 26.4 Å². The summed E-state index contributed by atoms with van der Waals surface area (Å²) < 4.78 is 15.1. The lowest BCUT2D eigenvalue weighted by Crippen LogP contribution is -2.31. The normalized spacial score (nSPS) is 15.7. The molecule has 0 aromatic carbocycles. The molecule has 0 radical (unpaired) electrons. The van der Waals surface area contributed by atoms with Crippen LogP contribution in [0.5, 0.6) is 0 Å². The van der Waals surface area contributed by atoms with E-state index in [4.69, 9.17) is 24.4 Å². The summed E-state index contributed by atoms with van der Waals surface area (Å²) in [5, 5.41) is 17.6. The maximum absolute atomic E-state index is 8.78. The Morgan fingerprint density at radius 2 is 1.31 bits per heavy atom. The predicted octanol–water partition coefficient (Wildman–Crippen LogP) is -0.287. The molecule has 0 aliphatic carbocycles. The molecule has 0 aromatic heterocycles. The van der Waals surface area contributed by atoms with Crippen LogP contribution in [0.4, 0.5) is 0 Å². The Balaban J connectivity index is 3.73. The number of aliphatic hydroxyl groups excluding tert-OH is 2. The molecule has 0 saturated carbocycles. The van der Waals surface area contributed by atoms with Gasteiger partial charge in [0.1, 0.15) is 0 Å². The highest BCUT2D eigenvalue weighted by molar-refractivity contribution is 4.44. The topological polar surface area (TPSA) is 68.2 Å². The van der Waals surface area contributed by atoms with Gasteiger partial charge < -0.3 is 24.4 Å². The van der Waals surface area contributed by atoms with Crippen LogP contribution >= 0.6 is 0 Å². The summed E-state index contributed by atoms with van der Waals surface area (Å²) in [7, 11) is 0. The van der Waals surface area contributed by atoms with Gasteiger partial charge in [0.15, 0.2) is 12.6 Å². The number of hydrogen-bond acceptors (Lipinski definition) is 5. The minimum atomic E-state index is -0.728. The number of hydrogen-bond donors (Lipinski definition) is 2. The molecule has 0 aliphatic rings. The second-order valence-corrected chi connectivity index (χ2v) is 2.27. The van der Waals surface area contributed by atoms with Crippen molar-refractivity contribution in [3.63, 3.8) is 0 Å². The van der Waals surface area contributed by atoms with Gasteiger partial charge in [-0.15, -0.1) is 0 Å². The number of aliphatic hydroxyl groups is 2. The van der Waals surface area contributed by atoms with Gasteiger partial charge >= 0.3 is 0 Å². The summed E-state index contributed by atoms with van der Waals surface area (Å²) in [5.41, 5.74) is 0. The molecule has 0 bridgehead atoms. The lowest BCUT2D eigenvalue weighted by molar-refractivity contribution is -0.261. The van der Waals surface area contributed by atoms with E-state index < -0.39 is 12.6 Å².